The van der Waals surface area contributed by atoms with Crippen molar-refractivity contribution >= 4 is 29.8 Å². The highest BCUT2D eigenvalue weighted by atomic mass is 16.6. The molecule has 0 aromatic carbocycles. The summed E-state index contributed by atoms with van der Waals surface area (Å²) in [5.41, 5.74) is 0. The molecule has 0 N–H and O–H groups in total. The predicted molar refractivity (Wildman–Crippen MR) is 195 cm³/mol. The van der Waals surface area contributed by atoms with Crippen LogP contribution in [0.15, 0.2) is 0 Å². The second-order valence-electron chi connectivity index (χ2n) is 13.3. The van der Waals surface area contributed by atoms with E-state index >= 15 is 0 Å². The fraction of sp³-hybridized carbons (Fsp3) is 0.875. The van der Waals surface area contributed by atoms with Crippen LogP contribution < -0.4 is 0 Å². The van der Waals surface area contributed by atoms with Crippen LogP contribution in [0.2, 0.25) is 0 Å². The van der Waals surface area contributed by atoms with Gasteiger partial charge in [0.25, 0.3) is 0 Å². The number of carbonyl (C=O) groups excluding carboxylic acids is 5. The Labute approximate surface area is 303 Å². The highest BCUT2D eigenvalue weighted by Crippen LogP contribution is 2.22. The van der Waals surface area contributed by atoms with Crippen LogP contribution in [0.25, 0.3) is 0 Å². The fourth-order valence-electron chi connectivity index (χ4n) is 5.59. The Balaban J connectivity index is 4.19. The van der Waals surface area contributed by atoms with E-state index in [2.05, 4.69) is 6.92 Å². The summed E-state index contributed by atoms with van der Waals surface area (Å²) in [4.78, 5) is 59.7. The Morgan fingerprint density at radius 2 is 0.820 bits per heavy atom. The molecule has 0 saturated heterocycles. The number of rotatable bonds is 34. The molecule has 0 aliphatic rings. The molecule has 0 bridgehead atoms. The molecule has 10 heteroatoms. The summed E-state index contributed by atoms with van der Waals surface area (Å²) in [6, 6.07) is 0. The molecule has 0 saturated carbocycles. The second-order valence-corrected chi connectivity index (χ2v) is 13.3. The summed E-state index contributed by atoms with van der Waals surface area (Å²) >= 11 is 0. The van der Waals surface area contributed by atoms with Gasteiger partial charge in [-0.05, 0) is 51.4 Å². The van der Waals surface area contributed by atoms with Gasteiger partial charge in [0.1, 0.15) is 24.9 Å². The Kier molecular flexibility index (Phi) is 31.7. The molecule has 0 spiro atoms. The van der Waals surface area contributed by atoms with E-state index in [0.29, 0.717) is 58.0 Å². The summed E-state index contributed by atoms with van der Waals surface area (Å²) in [6.45, 7) is 9.78. The van der Waals surface area contributed by atoms with Crippen molar-refractivity contribution in [1.82, 2.24) is 0 Å². The lowest BCUT2D eigenvalue weighted by atomic mass is 9.99. The fourth-order valence-corrected chi connectivity index (χ4v) is 5.59. The molecule has 3 atom stereocenters. The largest absolute Gasteiger partial charge is 0.466 e. The van der Waals surface area contributed by atoms with Crippen molar-refractivity contribution in [1.29, 1.82) is 0 Å². The van der Waals surface area contributed by atoms with Gasteiger partial charge in [-0.1, -0.05) is 112 Å². The van der Waals surface area contributed by atoms with E-state index < -0.39 is 18.3 Å². The molecule has 0 amide bonds. The summed E-state index contributed by atoms with van der Waals surface area (Å²) in [7, 11) is 0. The highest BCUT2D eigenvalue weighted by Gasteiger charge is 2.27. The van der Waals surface area contributed by atoms with Gasteiger partial charge in [0.15, 0.2) is 0 Å². The molecule has 0 aromatic rings. The molecule has 0 fully saturated rings. The standard InChI is InChI=1S/C40H72O10/c1-6-11-12-13-18-23-28-34(49-38(43)9-4)35(50-39(44)10-5)29-24-19-16-20-25-30-40(45)46-31-26-21-15-14-17-22-27-33(48-37(42)8-3)32-47-36(41)7-2/h33-35H,6-32H2,1-5H3. The summed E-state index contributed by atoms with van der Waals surface area (Å²) in [6.07, 6.45) is 19.6. The SMILES string of the molecule is CCCCCCCCC(OC(=O)CC)C(CCCCCCCC(=O)OCCCCCCCCC(COC(=O)CC)OC(=O)CC)OC(=O)CC. The number of unbranched alkanes of at least 4 members (excludes halogenated alkanes) is 14. The minimum absolute atomic E-state index is 0.112. The number of carbonyl (C=O) groups is 5. The highest BCUT2D eigenvalue weighted by molar-refractivity contribution is 5.71. The van der Waals surface area contributed by atoms with Crippen LogP contribution in [-0.4, -0.2) is 61.4 Å². The first kappa shape index (κ1) is 47.4. The van der Waals surface area contributed by atoms with Gasteiger partial charge >= 0.3 is 29.8 Å². The van der Waals surface area contributed by atoms with E-state index in [0.717, 1.165) is 83.5 Å². The molecule has 292 valence electrons. The van der Waals surface area contributed by atoms with Crippen LogP contribution in [-0.2, 0) is 47.7 Å². The number of ether oxygens (including phenoxy) is 5. The van der Waals surface area contributed by atoms with Gasteiger partial charge in [0.05, 0.1) is 6.61 Å². The topological polar surface area (TPSA) is 132 Å². The lowest BCUT2D eigenvalue weighted by Gasteiger charge is -2.27. The zero-order valence-electron chi connectivity index (χ0n) is 32.4. The molecular weight excluding hydrogens is 640 g/mol. The minimum Gasteiger partial charge on any atom is -0.466 e. The molecular formula is C40H72O10. The number of esters is 5. The lowest BCUT2D eigenvalue weighted by Crippen LogP contribution is -2.35. The van der Waals surface area contributed by atoms with Crippen molar-refractivity contribution in [3.63, 3.8) is 0 Å². The van der Waals surface area contributed by atoms with Crippen LogP contribution >= 0.6 is 0 Å². The van der Waals surface area contributed by atoms with E-state index in [1.807, 2.05) is 0 Å². The molecule has 0 aliphatic heterocycles. The van der Waals surface area contributed by atoms with Crippen LogP contribution in [0, 0.1) is 0 Å². The van der Waals surface area contributed by atoms with Crippen LogP contribution in [0.4, 0.5) is 0 Å². The summed E-state index contributed by atoms with van der Waals surface area (Å²) in [5, 5.41) is 0. The van der Waals surface area contributed by atoms with Crippen molar-refractivity contribution in [3.05, 3.63) is 0 Å². The number of hydrogen-bond acceptors (Lipinski definition) is 10. The second kappa shape index (κ2) is 33.5. The number of hydrogen-bond donors (Lipinski definition) is 0. The van der Waals surface area contributed by atoms with E-state index in [9.17, 15) is 24.0 Å². The molecule has 50 heavy (non-hydrogen) atoms. The maximum Gasteiger partial charge on any atom is 0.305 e. The van der Waals surface area contributed by atoms with Gasteiger partial charge in [0.2, 0.25) is 0 Å². The van der Waals surface area contributed by atoms with Gasteiger partial charge < -0.3 is 23.7 Å². The maximum atomic E-state index is 12.2. The molecule has 0 radical (unpaired) electrons. The molecule has 3 unspecified atom stereocenters. The smallest absolute Gasteiger partial charge is 0.305 e. The maximum absolute atomic E-state index is 12.2. The first-order valence-corrected chi connectivity index (χ1v) is 20.1. The minimum atomic E-state index is -0.420. The van der Waals surface area contributed by atoms with Crippen LogP contribution in [0.5, 0.6) is 0 Å². The van der Waals surface area contributed by atoms with Crippen molar-refractivity contribution < 1.29 is 47.7 Å². The van der Waals surface area contributed by atoms with Gasteiger partial charge in [-0.2, -0.15) is 0 Å². The third kappa shape index (κ3) is 28.1. The van der Waals surface area contributed by atoms with E-state index in [-0.39, 0.29) is 36.5 Å². The molecule has 0 aromatic heterocycles. The lowest BCUT2D eigenvalue weighted by molar-refractivity contribution is -0.169. The average molecular weight is 713 g/mol. The third-order valence-corrected chi connectivity index (χ3v) is 8.76. The zero-order valence-corrected chi connectivity index (χ0v) is 32.4. The van der Waals surface area contributed by atoms with E-state index in [1.165, 1.54) is 25.7 Å². The van der Waals surface area contributed by atoms with Gasteiger partial charge in [-0.3, -0.25) is 24.0 Å². The summed E-state index contributed by atoms with van der Waals surface area (Å²) in [5.74, 6) is -1.25. The first-order valence-electron chi connectivity index (χ1n) is 20.1. The van der Waals surface area contributed by atoms with Crippen molar-refractivity contribution in [3.8, 4) is 0 Å². The van der Waals surface area contributed by atoms with Gasteiger partial charge in [-0.15, -0.1) is 0 Å². The van der Waals surface area contributed by atoms with E-state index in [1.54, 1.807) is 27.7 Å². The van der Waals surface area contributed by atoms with Gasteiger partial charge in [0, 0.05) is 32.1 Å². The van der Waals surface area contributed by atoms with Crippen molar-refractivity contribution in [2.45, 2.75) is 213 Å². The van der Waals surface area contributed by atoms with E-state index in [4.69, 9.17) is 23.7 Å². The van der Waals surface area contributed by atoms with Crippen molar-refractivity contribution in [2.75, 3.05) is 13.2 Å². The quantitative estimate of drug-likeness (QED) is 0.0361. The Morgan fingerprint density at radius 1 is 0.400 bits per heavy atom. The predicted octanol–water partition coefficient (Wildman–Crippen LogP) is 9.66. The van der Waals surface area contributed by atoms with Gasteiger partial charge in [-0.25, -0.2) is 0 Å². The molecule has 0 rings (SSSR count). The normalized spacial score (nSPS) is 12.8. The van der Waals surface area contributed by atoms with Crippen molar-refractivity contribution in [2.24, 2.45) is 0 Å². The molecule has 10 nitrogen and oxygen atoms in total. The average Bonchev–Trinajstić information content (AvgIpc) is 3.12. The summed E-state index contributed by atoms with van der Waals surface area (Å²) < 4.78 is 27.5. The van der Waals surface area contributed by atoms with Crippen LogP contribution in [0.3, 0.4) is 0 Å². The third-order valence-electron chi connectivity index (χ3n) is 8.76. The Hall–Kier alpha value is -2.65. The monoisotopic (exact) mass is 713 g/mol. The Bertz CT molecular complexity index is 889. The molecule has 0 heterocycles. The Morgan fingerprint density at radius 3 is 1.32 bits per heavy atom. The first-order chi connectivity index (χ1) is 24.2. The zero-order chi connectivity index (χ0) is 37.2. The van der Waals surface area contributed by atoms with Crippen LogP contribution in [0.1, 0.15) is 195 Å². The molecule has 0 aliphatic carbocycles.